The van der Waals surface area contributed by atoms with Crippen molar-refractivity contribution in [2.45, 2.75) is 44.2 Å². The van der Waals surface area contributed by atoms with E-state index in [0.29, 0.717) is 25.9 Å². The lowest BCUT2D eigenvalue weighted by atomic mass is 10.1. The molecule has 0 aromatic heterocycles. The van der Waals surface area contributed by atoms with E-state index in [1.807, 2.05) is 54.6 Å². The first-order valence-electron chi connectivity index (χ1n) is 11.0. The lowest BCUT2D eigenvalue weighted by molar-refractivity contribution is -0.284. The second kappa shape index (κ2) is 11.1. The van der Waals surface area contributed by atoms with Crippen LogP contribution in [-0.4, -0.2) is 27.0 Å². The van der Waals surface area contributed by atoms with Crippen molar-refractivity contribution in [3.8, 4) is 0 Å². The molecule has 0 aliphatic heterocycles. The molecule has 0 spiro atoms. The van der Waals surface area contributed by atoms with Crippen LogP contribution in [0.3, 0.4) is 0 Å². The van der Waals surface area contributed by atoms with Gasteiger partial charge in [0.1, 0.15) is 0 Å². The minimum atomic E-state index is -5.48. The van der Waals surface area contributed by atoms with E-state index >= 15 is 0 Å². The summed E-state index contributed by atoms with van der Waals surface area (Å²) in [6, 6.07) is 30.1. The molecule has 0 atom stereocenters. The molecule has 0 aliphatic rings. The summed E-state index contributed by atoms with van der Waals surface area (Å²) in [4.78, 5) is 0. The Morgan fingerprint density at radius 1 is 0.545 bits per heavy atom. The molecule has 0 saturated carbocycles. The monoisotopic (exact) mass is 478 g/mol. The predicted octanol–water partition coefficient (Wildman–Crippen LogP) is 5.82. The lowest BCUT2D eigenvalue weighted by Crippen LogP contribution is -2.69. The molecule has 0 heterocycles. The van der Waals surface area contributed by atoms with Crippen molar-refractivity contribution in [2.24, 2.45) is 0 Å². The molecule has 1 nitrogen and oxygen atoms in total. The minimum absolute atomic E-state index is 0.175. The van der Waals surface area contributed by atoms with E-state index in [1.165, 1.54) is 0 Å². The molecule has 7 heteroatoms. The summed E-state index contributed by atoms with van der Waals surface area (Å²) < 4.78 is 69.8. The van der Waals surface area contributed by atoms with Crippen LogP contribution < -0.4 is 15.6 Å². The molecule has 0 amide bonds. The largest absolute Gasteiger partial charge is 0.453 e. The summed E-state index contributed by atoms with van der Waals surface area (Å²) in [6.07, 6.45) is -5.43. The molecule has 0 N–H and O–H groups in total. The van der Waals surface area contributed by atoms with Crippen LogP contribution in [0.4, 0.5) is 22.0 Å². The Labute approximate surface area is 192 Å². The number of hydrogen-bond acceptors (Lipinski definition) is 1. The van der Waals surface area contributed by atoms with Gasteiger partial charge in [-0.25, -0.2) is 0 Å². The molecular weight excluding hydrogens is 451 g/mol. The van der Waals surface area contributed by atoms with Crippen LogP contribution in [0.25, 0.3) is 0 Å². The zero-order valence-electron chi connectivity index (χ0n) is 18.2. The van der Waals surface area contributed by atoms with Gasteiger partial charge in [0.2, 0.25) is 0 Å². The third kappa shape index (κ3) is 6.09. The Morgan fingerprint density at radius 2 is 0.939 bits per heavy atom. The lowest BCUT2D eigenvalue weighted by Gasteiger charge is -2.33. The van der Waals surface area contributed by atoms with E-state index in [4.69, 9.17) is 4.43 Å². The van der Waals surface area contributed by atoms with E-state index in [-0.39, 0.29) is 6.42 Å². The van der Waals surface area contributed by atoms with Gasteiger partial charge in [-0.3, -0.25) is 0 Å². The fourth-order valence-electron chi connectivity index (χ4n) is 3.94. The van der Waals surface area contributed by atoms with Gasteiger partial charge in [0.25, 0.3) is 8.32 Å². The van der Waals surface area contributed by atoms with Crippen molar-refractivity contribution >= 4 is 23.9 Å². The number of alkyl halides is 5. The van der Waals surface area contributed by atoms with Gasteiger partial charge in [-0.15, -0.1) is 0 Å². The summed E-state index contributed by atoms with van der Waals surface area (Å²) in [7, 11) is -2.82. The van der Waals surface area contributed by atoms with E-state index in [9.17, 15) is 22.0 Å². The Kier molecular flexibility index (Phi) is 8.43. The number of unbranched alkanes of at least 4 members (excludes halogenated alkanes) is 3. The van der Waals surface area contributed by atoms with Gasteiger partial charge in [-0.1, -0.05) is 104 Å². The van der Waals surface area contributed by atoms with E-state index in [1.54, 1.807) is 0 Å². The smallest absolute Gasteiger partial charge is 0.404 e. The maximum absolute atomic E-state index is 13.1. The summed E-state index contributed by atoms with van der Waals surface area (Å²) in [5.74, 6) is -4.63. The summed E-state index contributed by atoms with van der Waals surface area (Å²) in [6.45, 7) is 0.389. The van der Waals surface area contributed by atoms with E-state index < -0.39 is 26.8 Å². The van der Waals surface area contributed by atoms with Gasteiger partial charge in [-0.05, 0) is 28.4 Å². The quantitative estimate of drug-likeness (QED) is 0.146. The van der Waals surface area contributed by atoms with E-state index in [2.05, 4.69) is 36.4 Å². The topological polar surface area (TPSA) is 9.23 Å². The van der Waals surface area contributed by atoms with Crippen LogP contribution in [0, 0.1) is 0 Å². The predicted molar refractivity (Wildman–Crippen MR) is 124 cm³/mol. The first-order chi connectivity index (χ1) is 15.8. The van der Waals surface area contributed by atoms with Crippen LogP contribution in [0.15, 0.2) is 91.0 Å². The molecule has 0 unspecified atom stereocenters. The third-order valence-corrected chi connectivity index (χ3v) is 9.74. The van der Waals surface area contributed by atoms with Gasteiger partial charge in [0.05, 0.1) is 0 Å². The van der Waals surface area contributed by atoms with Gasteiger partial charge in [-0.2, -0.15) is 22.0 Å². The molecule has 3 aromatic carbocycles. The van der Waals surface area contributed by atoms with Gasteiger partial charge < -0.3 is 4.43 Å². The second-order valence-corrected chi connectivity index (χ2v) is 11.4. The zero-order chi connectivity index (χ0) is 23.8. The number of rotatable bonds is 11. The van der Waals surface area contributed by atoms with Crippen LogP contribution in [0.5, 0.6) is 0 Å². The maximum atomic E-state index is 13.1. The van der Waals surface area contributed by atoms with Crippen molar-refractivity contribution < 1.29 is 26.4 Å². The van der Waals surface area contributed by atoms with E-state index in [0.717, 1.165) is 15.6 Å². The average Bonchev–Trinajstić information content (AvgIpc) is 2.82. The van der Waals surface area contributed by atoms with Gasteiger partial charge in [0, 0.05) is 13.0 Å². The standard InChI is InChI=1S/C26H27F5OSi/c27-25(28,26(29,30)31)20-12-1-2-13-21-32-33(22-14-6-3-7-15-22,23-16-8-4-9-17-23)24-18-10-5-11-19-24/h3-11,14-19H,1-2,12-13,20-21H2. The molecule has 3 rings (SSSR count). The first-order valence-corrected chi connectivity index (χ1v) is 12.9. The number of benzene rings is 3. The highest BCUT2D eigenvalue weighted by molar-refractivity contribution is 7.07. The molecule has 0 bridgehead atoms. The van der Waals surface area contributed by atoms with Gasteiger partial charge in [0.15, 0.2) is 0 Å². The van der Waals surface area contributed by atoms with Crippen LogP contribution in [0.1, 0.15) is 32.1 Å². The van der Waals surface area contributed by atoms with Crippen molar-refractivity contribution in [1.29, 1.82) is 0 Å². The summed E-state index contributed by atoms with van der Waals surface area (Å²) in [5, 5.41) is 3.27. The normalized spacial score (nSPS) is 12.6. The molecular formula is C26H27F5OSi. The minimum Gasteiger partial charge on any atom is -0.404 e. The van der Waals surface area contributed by atoms with Crippen molar-refractivity contribution in [2.75, 3.05) is 6.61 Å². The van der Waals surface area contributed by atoms with Crippen molar-refractivity contribution in [1.82, 2.24) is 0 Å². The highest BCUT2D eigenvalue weighted by Gasteiger charge is 2.56. The fraction of sp³-hybridized carbons (Fsp3) is 0.308. The second-order valence-electron chi connectivity index (χ2n) is 7.99. The summed E-state index contributed by atoms with van der Waals surface area (Å²) in [5.41, 5.74) is 0. The molecule has 0 radical (unpaired) electrons. The molecule has 0 saturated heterocycles. The highest BCUT2D eigenvalue weighted by Crippen LogP contribution is 2.39. The molecule has 3 aromatic rings. The van der Waals surface area contributed by atoms with Gasteiger partial charge >= 0.3 is 12.1 Å². The number of halogens is 5. The Balaban J connectivity index is 1.73. The van der Waals surface area contributed by atoms with Crippen molar-refractivity contribution in [3.63, 3.8) is 0 Å². The first kappa shape index (κ1) is 25.1. The van der Waals surface area contributed by atoms with Crippen molar-refractivity contribution in [3.05, 3.63) is 91.0 Å². The molecule has 33 heavy (non-hydrogen) atoms. The molecule has 0 aliphatic carbocycles. The third-order valence-electron chi connectivity index (χ3n) is 5.66. The Morgan fingerprint density at radius 3 is 1.33 bits per heavy atom. The highest BCUT2D eigenvalue weighted by atomic mass is 28.4. The number of hydrogen-bond donors (Lipinski definition) is 0. The fourth-order valence-corrected chi connectivity index (χ4v) is 7.87. The molecule has 176 valence electrons. The summed E-state index contributed by atoms with van der Waals surface area (Å²) >= 11 is 0. The van der Waals surface area contributed by atoms with Crippen LogP contribution >= 0.6 is 0 Å². The Hall–Kier alpha value is -2.51. The zero-order valence-corrected chi connectivity index (χ0v) is 19.2. The molecule has 0 fully saturated rings. The van der Waals surface area contributed by atoms with Crippen LogP contribution in [0.2, 0.25) is 0 Å². The SMILES string of the molecule is FC(F)(F)C(F)(F)CCCCCCO[Si](c1ccccc1)(c1ccccc1)c1ccccc1. The average molecular weight is 479 g/mol. The van der Waals surface area contributed by atoms with Crippen LogP contribution in [-0.2, 0) is 4.43 Å². The maximum Gasteiger partial charge on any atom is 0.453 e. The Bertz CT molecular complexity index is 866.